The minimum absolute atomic E-state index is 0.105. The van der Waals surface area contributed by atoms with Gasteiger partial charge in [0.15, 0.2) is 0 Å². The Bertz CT molecular complexity index is 679. The first-order valence-electron chi connectivity index (χ1n) is 8.49. The van der Waals surface area contributed by atoms with Crippen LogP contribution < -0.4 is 10.2 Å². The van der Waals surface area contributed by atoms with E-state index in [1.807, 2.05) is 12.4 Å². The van der Waals surface area contributed by atoms with Gasteiger partial charge in [-0.25, -0.2) is 15.0 Å². The Kier molecular flexibility index (Phi) is 4.02. The molecule has 0 radical (unpaired) electrons. The first-order valence-corrected chi connectivity index (χ1v) is 8.49. The van der Waals surface area contributed by atoms with Crippen LogP contribution in [0, 0.1) is 0 Å². The fraction of sp³-hybridized carbons (Fsp3) is 0.529. The molecule has 7 nitrogen and oxygen atoms in total. The number of hydrogen-bond donors (Lipinski definition) is 1. The molecule has 1 spiro atoms. The standard InChI is InChI=1S/C17H22N6O/c1-2-13-8-20-16(21-9-13)23-6-3-17(12-23)7-14(11-24-17)22-15-10-18-4-5-19-15/h4-5,8-10,14H,2-3,6-7,11-12H2,1H3,(H,19,22). The monoisotopic (exact) mass is 326 g/mol. The Morgan fingerprint density at radius 1 is 1.25 bits per heavy atom. The van der Waals surface area contributed by atoms with Crippen LogP contribution in [-0.2, 0) is 11.2 Å². The van der Waals surface area contributed by atoms with E-state index in [1.165, 1.54) is 0 Å². The van der Waals surface area contributed by atoms with Crippen molar-refractivity contribution in [3.8, 4) is 0 Å². The van der Waals surface area contributed by atoms with Crippen LogP contribution in [0.15, 0.2) is 31.0 Å². The second kappa shape index (κ2) is 6.32. The summed E-state index contributed by atoms with van der Waals surface area (Å²) < 4.78 is 6.17. The molecule has 0 bridgehead atoms. The fourth-order valence-corrected chi connectivity index (χ4v) is 3.51. The van der Waals surface area contributed by atoms with Crippen LogP contribution in [0.1, 0.15) is 25.3 Å². The lowest BCUT2D eigenvalue weighted by molar-refractivity contribution is 0.0228. The summed E-state index contributed by atoms with van der Waals surface area (Å²) in [5.41, 5.74) is 1.06. The average molecular weight is 326 g/mol. The zero-order valence-electron chi connectivity index (χ0n) is 13.9. The molecule has 2 fully saturated rings. The minimum atomic E-state index is -0.105. The molecule has 0 amide bonds. The van der Waals surface area contributed by atoms with Gasteiger partial charge in [-0.05, 0) is 18.4 Å². The van der Waals surface area contributed by atoms with Gasteiger partial charge in [0.2, 0.25) is 5.95 Å². The molecule has 4 heterocycles. The van der Waals surface area contributed by atoms with E-state index >= 15 is 0 Å². The van der Waals surface area contributed by atoms with E-state index in [0.29, 0.717) is 6.61 Å². The van der Waals surface area contributed by atoms with Gasteiger partial charge in [-0.15, -0.1) is 0 Å². The molecule has 2 saturated heterocycles. The van der Waals surface area contributed by atoms with Crippen LogP contribution in [0.25, 0.3) is 0 Å². The van der Waals surface area contributed by atoms with Gasteiger partial charge in [0.1, 0.15) is 5.82 Å². The molecular weight excluding hydrogens is 304 g/mol. The maximum atomic E-state index is 6.17. The molecule has 24 heavy (non-hydrogen) atoms. The van der Waals surface area contributed by atoms with Crippen LogP contribution in [0.2, 0.25) is 0 Å². The second-order valence-electron chi connectivity index (χ2n) is 6.55. The number of rotatable bonds is 4. The molecule has 7 heteroatoms. The highest BCUT2D eigenvalue weighted by atomic mass is 16.5. The molecule has 2 unspecified atom stereocenters. The summed E-state index contributed by atoms with van der Waals surface area (Å²) in [6, 6.07) is 0.269. The lowest BCUT2D eigenvalue weighted by Crippen LogP contribution is -2.34. The van der Waals surface area contributed by atoms with Crippen molar-refractivity contribution in [2.24, 2.45) is 0 Å². The van der Waals surface area contributed by atoms with E-state index in [2.05, 4.69) is 37.1 Å². The van der Waals surface area contributed by atoms with E-state index in [9.17, 15) is 0 Å². The molecule has 2 aliphatic heterocycles. The lowest BCUT2D eigenvalue weighted by Gasteiger charge is -2.23. The number of aromatic nitrogens is 4. The predicted octanol–water partition coefficient (Wildman–Crippen LogP) is 1.68. The van der Waals surface area contributed by atoms with E-state index in [4.69, 9.17) is 4.74 Å². The van der Waals surface area contributed by atoms with Gasteiger partial charge in [0.25, 0.3) is 0 Å². The number of nitrogens with one attached hydrogen (secondary N) is 1. The largest absolute Gasteiger partial charge is 0.371 e. The molecule has 2 atom stereocenters. The van der Waals surface area contributed by atoms with Gasteiger partial charge < -0.3 is 15.0 Å². The molecule has 0 aromatic carbocycles. The van der Waals surface area contributed by atoms with Crippen LogP contribution in [0.5, 0.6) is 0 Å². The molecular formula is C17H22N6O. The molecule has 2 aromatic heterocycles. The molecule has 1 N–H and O–H groups in total. The summed E-state index contributed by atoms with van der Waals surface area (Å²) >= 11 is 0. The Morgan fingerprint density at radius 3 is 2.88 bits per heavy atom. The molecule has 2 aliphatic rings. The zero-order valence-corrected chi connectivity index (χ0v) is 13.9. The minimum Gasteiger partial charge on any atom is -0.371 e. The quantitative estimate of drug-likeness (QED) is 0.916. The van der Waals surface area contributed by atoms with Gasteiger partial charge in [-0.1, -0.05) is 6.92 Å². The van der Waals surface area contributed by atoms with Crippen LogP contribution >= 0.6 is 0 Å². The summed E-state index contributed by atoms with van der Waals surface area (Å²) in [4.78, 5) is 19.6. The molecule has 4 rings (SSSR count). The molecule has 0 aliphatic carbocycles. The first kappa shape index (κ1) is 15.3. The van der Waals surface area contributed by atoms with Crippen molar-refractivity contribution in [3.05, 3.63) is 36.5 Å². The summed E-state index contributed by atoms with van der Waals surface area (Å²) in [6.07, 6.45) is 11.9. The van der Waals surface area contributed by atoms with E-state index < -0.39 is 0 Å². The van der Waals surface area contributed by atoms with Crippen molar-refractivity contribution in [1.29, 1.82) is 0 Å². The van der Waals surface area contributed by atoms with Crippen molar-refractivity contribution in [1.82, 2.24) is 19.9 Å². The third-order valence-corrected chi connectivity index (χ3v) is 4.82. The Balaban J connectivity index is 1.39. The van der Waals surface area contributed by atoms with Gasteiger partial charge in [-0.2, -0.15) is 0 Å². The number of anilines is 2. The van der Waals surface area contributed by atoms with E-state index in [1.54, 1.807) is 18.6 Å². The van der Waals surface area contributed by atoms with Crippen LogP contribution in [0.4, 0.5) is 11.8 Å². The van der Waals surface area contributed by atoms with E-state index in [0.717, 1.165) is 49.7 Å². The number of nitrogens with zero attached hydrogens (tertiary/aromatic N) is 5. The highest BCUT2D eigenvalue weighted by Crippen LogP contribution is 2.37. The highest BCUT2D eigenvalue weighted by Gasteiger charge is 2.46. The third-order valence-electron chi connectivity index (χ3n) is 4.82. The summed E-state index contributed by atoms with van der Waals surface area (Å²) in [6.45, 7) is 4.58. The normalized spacial score (nSPS) is 26.2. The van der Waals surface area contributed by atoms with Crippen molar-refractivity contribution < 1.29 is 4.74 Å². The van der Waals surface area contributed by atoms with Gasteiger partial charge in [-0.3, -0.25) is 4.98 Å². The number of aryl methyl sites for hydroxylation is 1. The summed E-state index contributed by atoms with van der Waals surface area (Å²) in [7, 11) is 0. The molecule has 2 aromatic rings. The lowest BCUT2D eigenvalue weighted by atomic mass is 9.97. The maximum absolute atomic E-state index is 6.17. The molecule has 0 saturated carbocycles. The Hall–Kier alpha value is -2.28. The number of ether oxygens (including phenoxy) is 1. The van der Waals surface area contributed by atoms with Crippen LogP contribution in [0.3, 0.4) is 0 Å². The summed E-state index contributed by atoms with van der Waals surface area (Å²) in [5.74, 6) is 1.61. The van der Waals surface area contributed by atoms with Gasteiger partial charge in [0.05, 0.1) is 31.0 Å². The van der Waals surface area contributed by atoms with Crippen molar-refractivity contribution in [3.63, 3.8) is 0 Å². The predicted molar refractivity (Wildman–Crippen MR) is 91.0 cm³/mol. The maximum Gasteiger partial charge on any atom is 0.225 e. The van der Waals surface area contributed by atoms with Crippen molar-refractivity contribution in [2.45, 2.75) is 37.8 Å². The smallest absolute Gasteiger partial charge is 0.225 e. The second-order valence-corrected chi connectivity index (χ2v) is 6.55. The third kappa shape index (κ3) is 3.03. The number of hydrogen-bond acceptors (Lipinski definition) is 7. The summed E-state index contributed by atoms with van der Waals surface area (Å²) in [5, 5.41) is 3.41. The van der Waals surface area contributed by atoms with Gasteiger partial charge >= 0.3 is 0 Å². The van der Waals surface area contributed by atoms with E-state index in [-0.39, 0.29) is 11.6 Å². The topological polar surface area (TPSA) is 76.1 Å². The van der Waals surface area contributed by atoms with Gasteiger partial charge in [0, 0.05) is 37.8 Å². The SMILES string of the molecule is CCc1cnc(N2CCC3(CC(Nc4cnccn4)CO3)C2)nc1. The average Bonchev–Trinajstić information content (AvgIpc) is 3.23. The van der Waals surface area contributed by atoms with Crippen molar-refractivity contribution >= 4 is 11.8 Å². The molecule has 126 valence electrons. The highest BCUT2D eigenvalue weighted by molar-refractivity contribution is 5.36. The Labute approximate surface area is 141 Å². The first-order chi connectivity index (χ1) is 11.8. The van der Waals surface area contributed by atoms with Crippen molar-refractivity contribution in [2.75, 3.05) is 29.9 Å². The fourth-order valence-electron chi connectivity index (χ4n) is 3.51. The zero-order chi connectivity index (χ0) is 16.4. The van der Waals surface area contributed by atoms with Crippen LogP contribution in [-0.4, -0.2) is 51.3 Å². The Morgan fingerprint density at radius 2 is 2.12 bits per heavy atom.